The summed E-state index contributed by atoms with van der Waals surface area (Å²) < 4.78 is 44.8. The van der Waals surface area contributed by atoms with Crippen LogP contribution in [-0.2, 0) is 4.79 Å². The van der Waals surface area contributed by atoms with Crippen molar-refractivity contribution in [2.24, 2.45) is 5.41 Å². The van der Waals surface area contributed by atoms with E-state index in [4.69, 9.17) is 16.3 Å². The number of allylic oxidation sites excluding steroid dienone is 1. The summed E-state index contributed by atoms with van der Waals surface area (Å²) in [6.45, 7) is 4.94. The largest absolute Gasteiger partial charge is 0.478 e. The van der Waals surface area contributed by atoms with E-state index >= 15 is 0 Å². The third-order valence-electron chi connectivity index (χ3n) is 3.28. The average Bonchev–Trinajstić information content (AvgIpc) is 2.34. The molecule has 1 atom stereocenters. The molecule has 0 bridgehead atoms. The Bertz CT molecular complexity index is 657. The number of para-hydroxylation sites is 1. The van der Waals surface area contributed by atoms with Crippen LogP contribution in [0.5, 0.6) is 5.75 Å². The lowest BCUT2D eigenvalue weighted by Gasteiger charge is -2.36. The number of aliphatic carboxylic acids is 1. The van der Waals surface area contributed by atoms with Crippen LogP contribution in [-0.4, -0.2) is 23.4 Å². The molecule has 0 aromatic heterocycles. The van der Waals surface area contributed by atoms with E-state index in [2.05, 4.69) is 0 Å². The van der Waals surface area contributed by atoms with Crippen LogP contribution in [0.4, 0.5) is 13.2 Å². The summed E-state index contributed by atoms with van der Waals surface area (Å²) in [6.07, 6.45) is -7.41. The molecule has 1 N–H and O–H groups in total. The lowest BCUT2D eigenvalue weighted by molar-refractivity contribution is -0.187. The summed E-state index contributed by atoms with van der Waals surface area (Å²) in [6, 6.07) is 4.46. The molecule has 0 saturated heterocycles. The van der Waals surface area contributed by atoms with Gasteiger partial charge in [0, 0.05) is 5.56 Å². The summed E-state index contributed by atoms with van der Waals surface area (Å²) in [5, 5.41) is 9.34. The monoisotopic (exact) mass is 334 g/mol. The highest BCUT2D eigenvalue weighted by molar-refractivity contribution is 6.32. The number of ether oxygens (including phenoxy) is 1. The summed E-state index contributed by atoms with van der Waals surface area (Å²) in [4.78, 5) is 11.5. The van der Waals surface area contributed by atoms with Crippen molar-refractivity contribution >= 4 is 23.1 Å². The summed E-state index contributed by atoms with van der Waals surface area (Å²) in [5.41, 5.74) is -1.28. The van der Waals surface area contributed by atoms with E-state index < -0.39 is 29.2 Å². The number of benzene rings is 1. The van der Waals surface area contributed by atoms with Crippen LogP contribution < -0.4 is 4.74 Å². The number of halogens is 4. The molecule has 0 fully saturated rings. The Morgan fingerprint density at radius 2 is 1.86 bits per heavy atom. The maximum Gasteiger partial charge on any atom is 0.430 e. The fourth-order valence-corrected chi connectivity index (χ4v) is 2.76. The van der Waals surface area contributed by atoms with Gasteiger partial charge >= 0.3 is 12.1 Å². The van der Waals surface area contributed by atoms with Gasteiger partial charge in [0.15, 0.2) is 0 Å². The molecule has 120 valence electrons. The van der Waals surface area contributed by atoms with Gasteiger partial charge < -0.3 is 9.84 Å². The van der Waals surface area contributed by atoms with Gasteiger partial charge in [0.05, 0.1) is 10.6 Å². The number of rotatable bonds is 1. The lowest BCUT2D eigenvalue weighted by atomic mass is 9.76. The summed E-state index contributed by atoms with van der Waals surface area (Å²) >= 11 is 5.94. The van der Waals surface area contributed by atoms with Gasteiger partial charge in [0.2, 0.25) is 6.10 Å². The summed E-state index contributed by atoms with van der Waals surface area (Å²) in [5.74, 6) is -1.79. The van der Waals surface area contributed by atoms with E-state index in [-0.39, 0.29) is 21.9 Å². The van der Waals surface area contributed by atoms with Gasteiger partial charge in [-0.05, 0) is 17.1 Å². The normalized spacial score (nSPS) is 18.8. The predicted molar refractivity (Wildman–Crippen MR) is 75.9 cm³/mol. The molecule has 1 aromatic carbocycles. The highest BCUT2D eigenvalue weighted by atomic mass is 35.5. The zero-order valence-electron chi connectivity index (χ0n) is 12.1. The van der Waals surface area contributed by atoms with Crippen molar-refractivity contribution in [1.29, 1.82) is 0 Å². The van der Waals surface area contributed by atoms with Crippen molar-refractivity contribution in [3.05, 3.63) is 34.4 Å². The Hall–Kier alpha value is -1.69. The topological polar surface area (TPSA) is 46.5 Å². The van der Waals surface area contributed by atoms with Gasteiger partial charge in [-0.3, -0.25) is 0 Å². The second-order valence-electron chi connectivity index (χ2n) is 6.00. The number of carbonyl (C=O) groups is 1. The second kappa shape index (κ2) is 5.19. The number of carboxylic acid groups (broad SMARTS) is 1. The minimum Gasteiger partial charge on any atom is -0.478 e. The number of fused-ring (bicyclic) bond motifs is 1. The molecule has 7 heteroatoms. The smallest absolute Gasteiger partial charge is 0.430 e. The molecule has 0 saturated carbocycles. The molecule has 0 aliphatic carbocycles. The van der Waals surface area contributed by atoms with Crippen molar-refractivity contribution in [1.82, 2.24) is 0 Å². The highest BCUT2D eigenvalue weighted by Crippen LogP contribution is 2.50. The first kappa shape index (κ1) is 16.7. The number of hydrogen-bond acceptors (Lipinski definition) is 2. The molecule has 3 nitrogen and oxygen atoms in total. The van der Waals surface area contributed by atoms with Gasteiger partial charge in [-0.15, -0.1) is 0 Å². The van der Waals surface area contributed by atoms with Gasteiger partial charge in [0.1, 0.15) is 5.75 Å². The van der Waals surface area contributed by atoms with Gasteiger partial charge in [0.25, 0.3) is 0 Å². The molecule has 2 rings (SSSR count). The Morgan fingerprint density at radius 3 is 2.32 bits per heavy atom. The first-order chi connectivity index (χ1) is 9.94. The quantitative estimate of drug-likeness (QED) is 0.819. The fourth-order valence-electron chi connectivity index (χ4n) is 2.54. The predicted octanol–water partition coefficient (Wildman–Crippen LogP) is 4.55. The van der Waals surface area contributed by atoms with E-state index in [0.717, 1.165) is 0 Å². The van der Waals surface area contributed by atoms with Crippen molar-refractivity contribution in [3.63, 3.8) is 0 Å². The average molecular weight is 335 g/mol. The molecule has 0 radical (unpaired) electrons. The van der Waals surface area contributed by atoms with Gasteiger partial charge in [-0.1, -0.05) is 44.5 Å². The van der Waals surface area contributed by atoms with E-state index in [9.17, 15) is 23.1 Å². The van der Waals surface area contributed by atoms with Crippen LogP contribution >= 0.6 is 11.6 Å². The molecule has 1 aromatic rings. The lowest BCUT2D eigenvalue weighted by Crippen LogP contribution is -2.42. The molecule has 0 spiro atoms. The Morgan fingerprint density at radius 1 is 1.27 bits per heavy atom. The standard InChI is InChI=1S/C15H14ClF3O3/c1-14(2,3)10-7-5-4-6-8(16)11(7)22-12(15(17,18)19)9(10)13(20)21/h4-6,12H,1-3H3,(H,20,21). The zero-order valence-corrected chi connectivity index (χ0v) is 12.8. The SMILES string of the molecule is CC(C)(C)C1=C(C(=O)O)C(C(F)(F)F)Oc2c(Cl)cccc21. The minimum atomic E-state index is -4.86. The zero-order chi connectivity index (χ0) is 16.9. The number of alkyl halides is 3. The van der Waals surface area contributed by atoms with E-state index in [1.165, 1.54) is 12.1 Å². The van der Waals surface area contributed by atoms with Crippen LogP contribution in [0.1, 0.15) is 26.3 Å². The molecule has 1 unspecified atom stereocenters. The third kappa shape index (κ3) is 2.79. The van der Waals surface area contributed by atoms with Crippen LogP contribution in [0.15, 0.2) is 23.8 Å². The molecule has 1 heterocycles. The van der Waals surface area contributed by atoms with Crippen LogP contribution in [0.2, 0.25) is 5.02 Å². The highest BCUT2D eigenvalue weighted by Gasteiger charge is 2.52. The Labute approximate surface area is 130 Å². The van der Waals surface area contributed by atoms with Crippen LogP contribution in [0.3, 0.4) is 0 Å². The molecule has 0 amide bonds. The first-order valence-corrected chi connectivity index (χ1v) is 6.82. The van der Waals surface area contributed by atoms with E-state index in [1.807, 2.05) is 0 Å². The molecule has 1 aliphatic rings. The molecule has 1 aliphatic heterocycles. The van der Waals surface area contributed by atoms with E-state index in [1.54, 1.807) is 26.8 Å². The fraction of sp³-hybridized carbons (Fsp3) is 0.400. The molecular weight excluding hydrogens is 321 g/mol. The molecule has 22 heavy (non-hydrogen) atoms. The first-order valence-electron chi connectivity index (χ1n) is 6.44. The molecular formula is C15H14ClF3O3. The van der Waals surface area contributed by atoms with E-state index in [0.29, 0.717) is 0 Å². The van der Waals surface area contributed by atoms with Crippen LogP contribution in [0, 0.1) is 5.41 Å². The minimum absolute atomic E-state index is 0.0120. The van der Waals surface area contributed by atoms with Crippen molar-refractivity contribution in [2.75, 3.05) is 0 Å². The van der Waals surface area contributed by atoms with Gasteiger partial charge in [-0.2, -0.15) is 13.2 Å². The van der Waals surface area contributed by atoms with Crippen LogP contribution in [0.25, 0.3) is 5.57 Å². The Balaban J connectivity index is 2.87. The van der Waals surface area contributed by atoms with Crippen molar-refractivity contribution in [3.8, 4) is 5.75 Å². The maximum absolute atomic E-state index is 13.3. The second-order valence-corrected chi connectivity index (χ2v) is 6.41. The van der Waals surface area contributed by atoms with Crippen molar-refractivity contribution in [2.45, 2.75) is 33.1 Å². The number of hydrogen-bond donors (Lipinski definition) is 1. The Kier molecular flexibility index (Phi) is 3.94. The number of carboxylic acids is 1. The maximum atomic E-state index is 13.3. The third-order valence-corrected chi connectivity index (χ3v) is 3.58. The van der Waals surface area contributed by atoms with Crippen molar-refractivity contribution < 1.29 is 27.8 Å². The summed E-state index contributed by atoms with van der Waals surface area (Å²) in [7, 11) is 0. The van der Waals surface area contributed by atoms with Gasteiger partial charge in [-0.25, -0.2) is 4.79 Å².